The molecule has 2 fully saturated rings. The van der Waals surface area contributed by atoms with Gasteiger partial charge in [-0.25, -0.2) is 0 Å². The summed E-state index contributed by atoms with van der Waals surface area (Å²) in [6.45, 7) is 7.66. The lowest BCUT2D eigenvalue weighted by atomic mass is 9.51. The van der Waals surface area contributed by atoms with Gasteiger partial charge in [0.05, 0.1) is 18.4 Å². The number of rotatable bonds is 6. The second-order valence-electron chi connectivity index (χ2n) is 11.9. The number of hydrogen-bond acceptors (Lipinski definition) is 5. The SMILES string of the molecule is CC(C)COC[C@]1(O)CC[C@H]2[C@@H]3CCC4=CC(=O)CCC4=C3[C@@H](c3ccc(/C=N/O)cc3)C[C@@]21C. The number of nitrogens with zero attached hydrogens (tertiary/aromatic N) is 1. The third kappa shape index (κ3) is 4.21. The molecule has 0 amide bonds. The molecule has 5 rings (SSSR count). The van der Waals surface area contributed by atoms with Gasteiger partial charge in [0.2, 0.25) is 0 Å². The van der Waals surface area contributed by atoms with E-state index in [2.05, 4.69) is 38.1 Å². The summed E-state index contributed by atoms with van der Waals surface area (Å²) in [6, 6.07) is 8.29. The summed E-state index contributed by atoms with van der Waals surface area (Å²) in [7, 11) is 0. The summed E-state index contributed by atoms with van der Waals surface area (Å²) in [6.07, 6.45) is 9.48. The van der Waals surface area contributed by atoms with Crippen molar-refractivity contribution in [3.8, 4) is 0 Å². The normalized spacial score (nSPS) is 34.7. The summed E-state index contributed by atoms with van der Waals surface area (Å²) < 4.78 is 6.07. The summed E-state index contributed by atoms with van der Waals surface area (Å²) >= 11 is 0. The molecule has 5 heteroatoms. The quantitative estimate of drug-likeness (QED) is 0.308. The molecule has 0 aromatic heterocycles. The lowest BCUT2D eigenvalue weighted by Gasteiger charge is -2.54. The zero-order valence-electron chi connectivity index (χ0n) is 21.3. The Morgan fingerprint density at radius 2 is 1.94 bits per heavy atom. The number of ketones is 1. The van der Waals surface area contributed by atoms with E-state index in [1.165, 1.54) is 28.5 Å². The summed E-state index contributed by atoms with van der Waals surface area (Å²) in [5.41, 5.74) is 5.22. The third-order valence-corrected chi connectivity index (χ3v) is 9.39. The summed E-state index contributed by atoms with van der Waals surface area (Å²) in [5.74, 6) is 1.75. The Morgan fingerprint density at radius 3 is 2.66 bits per heavy atom. The second kappa shape index (κ2) is 9.33. The topological polar surface area (TPSA) is 79.1 Å². The fourth-order valence-electron chi connectivity index (χ4n) is 7.64. The van der Waals surface area contributed by atoms with E-state index in [1.54, 1.807) is 0 Å². The highest BCUT2D eigenvalue weighted by Gasteiger charge is 2.62. The number of ether oxygens (including phenoxy) is 1. The third-order valence-electron chi connectivity index (χ3n) is 9.39. The van der Waals surface area contributed by atoms with Crippen LogP contribution in [0.1, 0.15) is 82.8 Å². The number of benzene rings is 1. The van der Waals surface area contributed by atoms with Gasteiger partial charge in [-0.1, -0.05) is 55.8 Å². The Hall–Kier alpha value is -2.24. The lowest BCUT2D eigenvalue weighted by molar-refractivity contribution is -0.137. The minimum atomic E-state index is -0.830. The van der Waals surface area contributed by atoms with Gasteiger partial charge in [-0.05, 0) is 84.6 Å². The second-order valence-corrected chi connectivity index (χ2v) is 11.9. The van der Waals surface area contributed by atoms with Crippen LogP contribution in [-0.4, -0.2) is 41.1 Å². The molecule has 0 aliphatic heterocycles. The number of hydrogen-bond donors (Lipinski definition) is 2. The van der Waals surface area contributed by atoms with Crippen molar-refractivity contribution in [2.24, 2.45) is 28.3 Å². The van der Waals surface area contributed by atoms with Crippen molar-refractivity contribution in [2.45, 2.75) is 77.2 Å². The van der Waals surface area contributed by atoms with Crippen LogP contribution in [0.2, 0.25) is 0 Å². The molecule has 0 spiro atoms. The van der Waals surface area contributed by atoms with E-state index in [-0.39, 0.29) is 17.1 Å². The Morgan fingerprint density at radius 1 is 1.17 bits per heavy atom. The van der Waals surface area contributed by atoms with E-state index < -0.39 is 5.60 Å². The fraction of sp³-hybridized carbons (Fsp3) is 0.600. The molecule has 1 aromatic rings. The molecule has 188 valence electrons. The minimum absolute atomic E-state index is 0.197. The highest BCUT2D eigenvalue weighted by molar-refractivity contribution is 5.93. The Kier molecular flexibility index (Phi) is 6.52. The van der Waals surface area contributed by atoms with Crippen molar-refractivity contribution in [2.75, 3.05) is 13.2 Å². The number of fused-ring (bicyclic) bond motifs is 4. The van der Waals surface area contributed by atoms with E-state index >= 15 is 0 Å². The first kappa shape index (κ1) is 24.5. The average Bonchev–Trinajstić information content (AvgIpc) is 3.09. The van der Waals surface area contributed by atoms with Gasteiger partial charge in [0.25, 0.3) is 0 Å². The van der Waals surface area contributed by atoms with Gasteiger partial charge >= 0.3 is 0 Å². The number of aliphatic hydroxyl groups is 1. The highest BCUT2D eigenvalue weighted by atomic mass is 16.5. The Balaban J connectivity index is 1.57. The van der Waals surface area contributed by atoms with Crippen molar-refractivity contribution in [1.29, 1.82) is 0 Å². The monoisotopic (exact) mass is 477 g/mol. The number of carbonyl (C=O) groups is 1. The molecule has 2 N–H and O–H groups in total. The molecule has 35 heavy (non-hydrogen) atoms. The van der Waals surface area contributed by atoms with Crippen LogP contribution in [0.5, 0.6) is 0 Å². The standard InChI is InChI=1S/C30H39NO4/c1-19(2)17-35-18-30(33)13-12-27-25-10-8-22-14-23(32)9-11-24(22)28(25)26(15-29(27,30)3)21-6-4-20(5-7-21)16-31-34/h4-7,14,16,19,25-27,33-34H,8-13,15,17-18H2,1-3H3/b31-16+/t25-,26+,27-,29-,30+/m0/s1. The van der Waals surface area contributed by atoms with Crippen molar-refractivity contribution < 1.29 is 19.8 Å². The summed E-state index contributed by atoms with van der Waals surface area (Å²) in [4.78, 5) is 12.2. The van der Waals surface area contributed by atoms with Gasteiger partial charge < -0.3 is 15.1 Å². The first-order valence-electron chi connectivity index (χ1n) is 13.3. The molecule has 4 aliphatic carbocycles. The molecule has 5 nitrogen and oxygen atoms in total. The number of carbonyl (C=O) groups excluding carboxylic acids is 1. The molecule has 4 aliphatic rings. The Bertz CT molecular complexity index is 1070. The predicted molar refractivity (Wildman–Crippen MR) is 137 cm³/mol. The first-order chi connectivity index (χ1) is 16.8. The van der Waals surface area contributed by atoms with Gasteiger partial charge in [-0.3, -0.25) is 4.79 Å². The molecular formula is C30H39NO4. The highest BCUT2D eigenvalue weighted by Crippen LogP contribution is 2.66. The van der Waals surface area contributed by atoms with Gasteiger partial charge in [-0.15, -0.1) is 0 Å². The van der Waals surface area contributed by atoms with Crippen LogP contribution in [0, 0.1) is 23.2 Å². The molecule has 0 unspecified atom stereocenters. The zero-order valence-corrected chi connectivity index (χ0v) is 21.3. The molecule has 1 aromatic carbocycles. The Labute approximate surface area is 209 Å². The van der Waals surface area contributed by atoms with Crippen molar-refractivity contribution in [3.05, 3.63) is 58.2 Å². The van der Waals surface area contributed by atoms with Crippen LogP contribution in [0.15, 0.2) is 52.2 Å². The molecule has 2 saturated carbocycles. The van der Waals surface area contributed by atoms with Gasteiger partial charge in [0.15, 0.2) is 5.78 Å². The van der Waals surface area contributed by atoms with Crippen LogP contribution in [-0.2, 0) is 9.53 Å². The van der Waals surface area contributed by atoms with Crippen LogP contribution >= 0.6 is 0 Å². The molecule has 0 saturated heterocycles. The first-order valence-corrected chi connectivity index (χ1v) is 13.3. The van der Waals surface area contributed by atoms with Crippen LogP contribution in [0.4, 0.5) is 0 Å². The summed E-state index contributed by atoms with van der Waals surface area (Å²) in [5, 5.41) is 24.2. The number of oxime groups is 1. The predicted octanol–water partition coefficient (Wildman–Crippen LogP) is 5.80. The lowest BCUT2D eigenvalue weighted by Crippen LogP contribution is -2.54. The van der Waals surface area contributed by atoms with E-state index in [0.29, 0.717) is 37.4 Å². The van der Waals surface area contributed by atoms with Crippen LogP contribution < -0.4 is 0 Å². The fourth-order valence-corrected chi connectivity index (χ4v) is 7.64. The average molecular weight is 478 g/mol. The molecular weight excluding hydrogens is 438 g/mol. The zero-order chi connectivity index (χ0) is 24.8. The van der Waals surface area contributed by atoms with E-state index in [9.17, 15) is 9.90 Å². The smallest absolute Gasteiger partial charge is 0.156 e. The van der Waals surface area contributed by atoms with Crippen molar-refractivity contribution >= 4 is 12.0 Å². The number of allylic oxidation sites excluding steroid dienone is 4. The van der Waals surface area contributed by atoms with E-state index in [1.807, 2.05) is 18.2 Å². The van der Waals surface area contributed by atoms with Crippen molar-refractivity contribution in [3.63, 3.8) is 0 Å². The minimum Gasteiger partial charge on any atom is -0.411 e. The molecule has 0 radical (unpaired) electrons. The maximum atomic E-state index is 12.2. The maximum Gasteiger partial charge on any atom is 0.156 e. The van der Waals surface area contributed by atoms with Crippen LogP contribution in [0.25, 0.3) is 0 Å². The van der Waals surface area contributed by atoms with Gasteiger partial charge in [-0.2, -0.15) is 0 Å². The maximum absolute atomic E-state index is 12.2. The molecule has 0 heterocycles. The van der Waals surface area contributed by atoms with E-state index in [0.717, 1.165) is 44.1 Å². The van der Waals surface area contributed by atoms with Crippen molar-refractivity contribution in [1.82, 2.24) is 0 Å². The molecule has 5 atom stereocenters. The van der Waals surface area contributed by atoms with Gasteiger partial charge in [0, 0.05) is 24.4 Å². The van der Waals surface area contributed by atoms with Gasteiger partial charge in [0.1, 0.15) is 0 Å². The molecule has 0 bridgehead atoms. The van der Waals surface area contributed by atoms with Crippen LogP contribution in [0.3, 0.4) is 0 Å². The van der Waals surface area contributed by atoms with E-state index in [4.69, 9.17) is 9.94 Å². The largest absolute Gasteiger partial charge is 0.411 e.